The summed E-state index contributed by atoms with van der Waals surface area (Å²) in [5.74, 6) is -0.422. The molecule has 3 atom stereocenters. The third-order valence-electron chi connectivity index (χ3n) is 2.77. The minimum Gasteiger partial charge on any atom is -0.364 e. The van der Waals surface area contributed by atoms with Crippen LogP contribution >= 0.6 is 12.4 Å². The Bertz CT molecular complexity index is 289. The predicted molar refractivity (Wildman–Crippen MR) is 70.5 cm³/mol. The third kappa shape index (κ3) is 4.80. The highest BCUT2D eigenvalue weighted by Crippen LogP contribution is 2.18. The number of halogens is 1. The van der Waals surface area contributed by atoms with Crippen LogP contribution in [0.5, 0.6) is 0 Å². The SMILES string of the molecule is CCNC(=O)C(C)NC(=O)[C@@H]1CC[C@H](CN)O1.Cl. The smallest absolute Gasteiger partial charge is 0.249 e. The van der Waals surface area contributed by atoms with Crippen molar-refractivity contribution in [2.24, 2.45) is 5.73 Å². The molecule has 0 aliphatic carbocycles. The lowest BCUT2D eigenvalue weighted by molar-refractivity contribution is -0.135. The van der Waals surface area contributed by atoms with Crippen LogP contribution in [0.3, 0.4) is 0 Å². The number of carbonyl (C=O) groups is 2. The molecule has 0 spiro atoms. The van der Waals surface area contributed by atoms with E-state index in [9.17, 15) is 9.59 Å². The van der Waals surface area contributed by atoms with Gasteiger partial charge in [-0.05, 0) is 26.7 Å². The van der Waals surface area contributed by atoms with E-state index in [0.717, 1.165) is 6.42 Å². The van der Waals surface area contributed by atoms with Crippen molar-refractivity contribution in [2.45, 2.75) is 44.9 Å². The lowest BCUT2D eigenvalue weighted by Gasteiger charge is -2.17. The second-order valence-electron chi connectivity index (χ2n) is 4.18. The summed E-state index contributed by atoms with van der Waals surface area (Å²) in [6.07, 6.45) is 0.950. The average molecular weight is 280 g/mol. The molecule has 1 saturated heterocycles. The molecule has 2 amide bonds. The van der Waals surface area contributed by atoms with E-state index in [0.29, 0.717) is 19.5 Å². The monoisotopic (exact) mass is 279 g/mol. The molecule has 4 N–H and O–H groups in total. The van der Waals surface area contributed by atoms with Crippen LogP contribution in [0.25, 0.3) is 0 Å². The minimum absolute atomic E-state index is 0. The van der Waals surface area contributed by atoms with E-state index < -0.39 is 12.1 Å². The number of rotatable bonds is 5. The van der Waals surface area contributed by atoms with Gasteiger partial charge in [-0.15, -0.1) is 12.4 Å². The maximum Gasteiger partial charge on any atom is 0.249 e. The quantitative estimate of drug-likeness (QED) is 0.636. The molecule has 1 rings (SSSR count). The molecular formula is C11H22ClN3O3. The summed E-state index contributed by atoms with van der Waals surface area (Å²) < 4.78 is 5.44. The number of hydrogen-bond acceptors (Lipinski definition) is 4. The Labute approximate surface area is 113 Å². The van der Waals surface area contributed by atoms with Gasteiger partial charge in [0.05, 0.1) is 6.10 Å². The van der Waals surface area contributed by atoms with Gasteiger partial charge in [-0.1, -0.05) is 0 Å². The molecule has 1 aliphatic rings. The number of carbonyl (C=O) groups excluding carboxylic acids is 2. The second kappa shape index (κ2) is 8.29. The average Bonchev–Trinajstić information content (AvgIpc) is 2.77. The zero-order valence-electron chi connectivity index (χ0n) is 10.8. The Kier molecular flexibility index (Phi) is 7.90. The van der Waals surface area contributed by atoms with Crippen LogP contribution in [0.1, 0.15) is 26.7 Å². The topological polar surface area (TPSA) is 93.5 Å². The van der Waals surface area contributed by atoms with Gasteiger partial charge in [0.15, 0.2) is 0 Å². The van der Waals surface area contributed by atoms with Crippen LogP contribution in [-0.4, -0.2) is 43.2 Å². The molecule has 0 saturated carbocycles. The van der Waals surface area contributed by atoms with Crippen molar-refractivity contribution in [1.29, 1.82) is 0 Å². The summed E-state index contributed by atoms with van der Waals surface area (Å²) in [7, 11) is 0. The third-order valence-corrected chi connectivity index (χ3v) is 2.77. The van der Waals surface area contributed by atoms with Gasteiger partial charge < -0.3 is 21.1 Å². The lowest BCUT2D eigenvalue weighted by atomic mass is 10.2. The molecule has 7 heteroatoms. The van der Waals surface area contributed by atoms with Gasteiger partial charge in [-0.25, -0.2) is 0 Å². The number of ether oxygens (including phenoxy) is 1. The fourth-order valence-electron chi connectivity index (χ4n) is 1.77. The maximum atomic E-state index is 11.8. The summed E-state index contributed by atoms with van der Waals surface area (Å²) >= 11 is 0. The largest absolute Gasteiger partial charge is 0.364 e. The Balaban J connectivity index is 0.00000289. The molecule has 0 aromatic rings. The van der Waals surface area contributed by atoms with Crippen LogP contribution in [0, 0.1) is 0 Å². The number of amides is 2. The molecule has 1 fully saturated rings. The highest BCUT2D eigenvalue weighted by Gasteiger charge is 2.31. The first kappa shape index (κ1) is 17.2. The van der Waals surface area contributed by atoms with Crippen molar-refractivity contribution in [1.82, 2.24) is 10.6 Å². The van der Waals surface area contributed by atoms with Gasteiger partial charge in [-0.2, -0.15) is 0 Å². The van der Waals surface area contributed by atoms with E-state index in [1.54, 1.807) is 6.92 Å². The van der Waals surface area contributed by atoms with E-state index in [2.05, 4.69) is 10.6 Å². The molecule has 0 aromatic carbocycles. The normalized spacial score (nSPS) is 23.9. The first-order valence-electron chi connectivity index (χ1n) is 6.02. The molecule has 0 bridgehead atoms. The molecule has 0 aromatic heterocycles. The van der Waals surface area contributed by atoms with Crippen LogP contribution in [0.15, 0.2) is 0 Å². The Morgan fingerprint density at radius 1 is 1.44 bits per heavy atom. The number of hydrogen-bond donors (Lipinski definition) is 3. The van der Waals surface area contributed by atoms with Crippen LogP contribution in [0.4, 0.5) is 0 Å². The van der Waals surface area contributed by atoms with Crippen molar-refractivity contribution in [3.8, 4) is 0 Å². The van der Waals surface area contributed by atoms with Gasteiger partial charge in [0.2, 0.25) is 11.8 Å². The number of nitrogens with two attached hydrogens (primary N) is 1. The summed E-state index contributed by atoms with van der Waals surface area (Å²) in [4.78, 5) is 23.2. The van der Waals surface area contributed by atoms with Crippen molar-refractivity contribution < 1.29 is 14.3 Å². The van der Waals surface area contributed by atoms with Crippen molar-refractivity contribution >= 4 is 24.2 Å². The van der Waals surface area contributed by atoms with E-state index in [1.807, 2.05) is 6.92 Å². The lowest BCUT2D eigenvalue weighted by Crippen LogP contribution is -2.48. The molecule has 0 radical (unpaired) electrons. The summed E-state index contributed by atoms with van der Waals surface area (Å²) in [5.41, 5.74) is 5.46. The first-order valence-corrected chi connectivity index (χ1v) is 6.02. The van der Waals surface area contributed by atoms with Gasteiger partial charge in [0.1, 0.15) is 12.1 Å². The fraction of sp³-hybridized carbons (Fsp3) is 0.818. The zero-order chi connectivity index (χ0) is 12.8. The molecule has 1 unspecified atom stereocenters. The summed E-state index contributed by atoms with van der Waals surface area (Å²) in [6.45, 7) is 4.46. The van der Waals surface area contributed by atoms with Crippen LogP contribution in [0.2, 0.25) is 0 Å². The summed E-state index contributed by atoms with van der Waals surface area (Å²) in [6, 6.07) is -0.539. The molecule has 1 heterocycles. The standard InChI is InChI=1S/C11H21N3O3.ClH/c1-3-13-10(15)7(2)14-11(16)9-5-4-8(6-12)17-9;/h7-9H,3-6,12H2,1-2H3,(H,13,15)(H,14,16);1H/t7?,8-,9+;/m1./s1. The van der Waals surface area contributed by atoms with E-state index in [4.69, 9.17) is 10.5 Å². The van der Waals surface area contributed by atoms with E-state index in [1.165, 1.54) is 0 Å². The second-order valence-corrected chi connectivity index (χ2v) is 4.18. The molecule has 6 nitrogen and oxygen atoms in total. The first-order chi connectivity index (χ1) is 8.08. The van der Waals surface area contributed by atoms with E-state index in [-0.39, 0.29) is 30.3 Å². The maximum absolute atomic E-state index is 11.8. The summed E-state index contributed by atoms with van der Waals surface area (Å²) in [5, 5.41) is 5.28. The van der Waals surface area contributed by atoms with Crippen molar-refractivity contribution in [3.63, 3.8) is 0 Å². The Hall–Kier alpha value is -0.850. The van der Waals surface area contributed by atoms with Gasteiger partial charge >= 0.3 is 0 Å². The van der Waals surface area contributed by atoms with Crippen molar-refractivity contribution in [2.75, 3.05) is 13.1 Å². The minimum atomic E-state index is -0.539. The van der Waals surface area contributed by atoms with Crippen LogP contribution in [-0.2, 0) is 14.3 Å². The zero-order valence-corrected chi connectivity index (χ0v) is 11.6. The Morgan fingerprint density at radius 2 is 2.11 bits per heavy atom. The van der Waals surface area contributed by atoms with Gasteiger partial charge in [0, 0.05) is 13.1 Å². The van der Waals surface area contributed by atoms with Crippen LogP contribution < -0.4 is 16.4 Å². The molecule has 1 aliphatic heterocycles. The number of likely N-dealkylation sites (N-methyl/N-ethyl adjacent to an activating group) is 1. The fourth-order valence-corrected chi connectivity index (χ4v) is 1.77. The highest BCUT2D eigenvalue weighted by molar-refractivity contribution is 5.89. The molecule has 106 valence electrons. The predicted octanol–water partition coefficient (Wildman–Crippen LogP) is -0.445. The highest BCUT2D eigenvalue weighted by atomic mass is 35.5. The number of nitrogens with one attached hydrogen (secondary N) is 2. The van der Waals surface area contributed by atoms with Gasteiger partial charge in [0.25, 0.3) is 0 Å². The van der Waals surface area contributed by atoms with E-state index >= 15 is 0 Å². The molecular weight excluding hydrogens is 258 g/mol. The van der Waals surface area contributed by atoms with Crippen molar-refractivity contribution in [3.05, 3.63) is 0 Å². The molecule has 18 heavy (non-hydrogen) atoms. The van der Waals surface area contributed by atoms with Gasteiger partial charge in [-0.3, -0.25) is 9.59 Å². The Morgan fingerprint density at radius 3 is 2.61 bits per heavy atom.